The Balaban J connectivity index is 1.84. The van der Waals surface area contributed by atoms with Gasteiger partial charge >= 0.3 is 12.6 Å². The van der Waals surface area contributed by atoms with Gasteiger partial charge in [0.05, 0.1) is 5.56 Å². The van der Waals surface area contributed by atoms with E-state index in [9.17, 15) is 28.4 Å². The highest BCUT2D eigenvalue weighted by atomic mass is 19.3. The first-order valence-corrected chi connectivity index (χ1v) is 7.10. The van der Waals surface area contributed by atoms with Crippen LogP contribution in [0.25, 0.3) is 0 Å². The van der Waals surface area contributed by atoms with E-state index in [0.717, 1.165) is 24.5 Å². The molecule has 0 fully saturated rings. The lowest BCUT2D eigenvalue weighted by atomic mass is 10.2. The molecular formula is C16H12F2N2O6. The molecule has 0 aliphatic heterocycles. The molecule has 0 atom stereocenters. The van der Waals surface area contributed by atoms with Crippen molar-refractivity contribution < 1.29 is 37.4 Å². The van der Waals surface area contributed by atoms with Gasteiger partial charge in [-0.3, -0.25) is 14.9 Å². The molecule has 26 heavy (non-hydrogen) atoms. The maximum atomic E-state index is 12.0. The summed E-state index contributed by atoms with van der Waals surface area (Å²) in [5.74, 6) is -2.67. The van der Waals surface area contributed by atoms with E-state index in [0.29, 0.717) is 4.73 Å². The van der Waals surface area contributed by atoms with Crippen LogP contribution in [0, 0.1) is 5.21 Å². The van der Waals surface area contributed by atoms with Crippen molar-refractivity contribution in [3.63, 3.8) is 0 Å². The van der Waals surface area contributed by atoms with Gasteiger partial charge in [-0.15, -0.1) is 0 Å². The van der Waals surface area contributed by atoms with Gasteiger partial charge in [-0.25, -0.2) is 4.79 Å². The number of rotatable bonds is 6. The number of nitrogens with one attached hydrogen (secondary N) is 1. The number of halogens is 2. The third-order valence-electron chi connectivity index (χ3n) is 2.97. The lowest BCUT2D eigenvalue weighted by Gasteiger charge is -2.07. The van der Waals surface area contributed by atoms with Crippen LogP contribution < -0.4 is 14.8 Å². The van der Waals surface area contributed by atoms with Crippen LogP contribution in [0.2, 0.25) is 0 Å². The van der Waals surface area contributed by atoms with Crippen LogP contribution in [0.5, 0.6) is 5.75 Å². The zero-order chi connectivity index (χ0) is 19.1. The third kappa shape index (κ3) is 5.51. The van der Waals surface area contributed by atoms with Crippen LogP contribution in [0.4, 0.5) is 8.78 Å². The van der Waals surface area contributed by atoms with E-state index in [1.807, 2.05) is 5.32 Å². The lowest BCUT2D eigenvalue weighted by Crippen LogP contribution is -2.34. The molecule has 1 N–H and O–H groups in total. The summed E-state index contributed by atoms with van der Waals surface area (Å²) in [6, 6.07) is 7.08. The average Bonchev–Trinajstić information content (AvgIpc) is 2.60. The van der Waals surface area contributed by atoms with Crippen LogP contribution in [-0.4, -0.2) is 31.0 Å². The average molecular weight is 366 g/mol. The SMILES string of the molecule is O=C(COC(=O)c1cc[n+]([O-])cc1)NC(=O)c1ccc(OC(F)F)cc1. The monoisotopic (exact) mass is 366 g/mol. The van der Waals surface area contributed by atoms with Crippen molar-refractivity contribution in [3.8, 4) is 5.75 Å². The van der Waals surface area contributed by atoms with E-state index in [1.165, 1.54) is 24.3 Å². The van der Waals surface area contributed by atoms with Crippen molar-refractivity contribution in [2.45, 2.75) is 6.61 Å². The minimum atomic E-state index is -2.99. The van der Waals surface area contributed by atoms with E-state index >= 15 is 0 Å². The fourth-order valence-corrected chi connectivity index (χ4v) is 1.79. The van der Waals surface area contributed by atoms with Crippen LogP contribution in [0.3, 0.4) is 0 Å². The van der Waals surface area contributed by atoms with E-state index in [-0.39, 0.29) is 16.9 Å². The van der Waals surface area contributed by atoms with Crippen LogP contribution in [0.15, 0.2) is 48.8 Å². The number of aromatic nitrogens is 1. The first-order chi connectivity index (χ1) is 12.3. The number of alkyl halides is 2. The summed E-state index contributed by atoms with van der Waals surface area (Å²) in [5, 5.41) is 12.8. The van der Waals surface area contributed by atoms with Gasteiger partial charge in [-0.1, -0.05) is 0 Å². The summed E-state index contributed by atoms with van der Waals surface area (Å²) in [6.45, 7) is -3.71. The smallest absolute Gasteiger partial charge is 0.387 e. The molecule has 0 radical (unpaired) electrons. The number of carbonyl (C=O) groups excluding carboxylic acids is 3. The molecule has 0 bridgehead atoms. The van der Waals surface area contributed by atoms with Crippen molar-refractivity contribution in [1.82, 2.24) is 5.32 Å². The maximum absolute atomic E-state index is 12.0. The molecule has 1 aromatic carbocycles. The quantitative estimate of drug-likeness (QED) is 0.465. The van der Waals surface area contributed by atoms with Crippen molar-refractivity contribution in [3.05, 3.63) is 65.1 Å². The number of esters is 1. The fraction of sp³-hybridized carbons (Fsp3) is 0.125. The maximum Gasteiger partial charge on any atom is 0.387 e. The van der Waals surface area contributed by atoms with Gasteiger partial charge in [-0.05, 0) is 24.3 Å². The molecular weight excluding hydrogens is 354 g/mol. The summed E-state index contributed by atoms with van der Waals surface area (Å²) >= 11 is 0. The Hall–Kier alpha value is -3.56. The van der Waals surface area contributed by atoms with Gasteiger partial charge < -0.3 is 14.7 Å². The highest BCUT2D eigenvalue weighted by Crippen LogP contribution is 2.14. The number of carbonyl (C=O) groups is 3. The van der Waals surface area contributed by atoms with Crippen LogP contribution in [-0.2, 0) is 9.53 Å². The molecule has 1 aromatic heterocycles. The zero-order valence-electron chi connectivity index (χ0n) is 13.1. The predicted octanol–water partition coefficient (Wildman–Crippen LogP) is 1.03. The summed E-state index contributed by atoms with van der Waals surface area (Å²) in [7, 11) is 0. The Morgan fingerprint density at radius 2 is 1.65 bits per heavy atom. The standard InChI is InChI=1S/C16H12F2N2O6/c17-16(18)26-12-3-1-10(2-4-12)14(22)19-13(21)9-25-15(23)11-5-7-20(24)8-6-11/h1-8,16H,9H2,(H,19,21,22). The molecule has 2 aromatic rings. The summed E-state index contributed by atoms with van der Waals surface area (Å²) < 4.78 is 33.4. The Labute approximate surface area is 145 Å². The molecule has 0 spiro atoms. The molecule has 0 unspecified atom stereocenters. The number of benzene rings is 1. The molecule has 0 aliphatic carbocycles. The normalized spacial score (nSPS) is 10.3. The second kappa shape index (κ2) is 8.51. The lowest BCUT2D eigenvalue weighted by molar-refractivity contribution is -0.605. The second-order valence-electron chi connectivity index (χ2n) is 4.80. The first kappa shape index (κ1) is 18.8. The predicted molar refractivity (Wildman–Crippen MR) is 81.2 cm³/mol. The molecule has 8 nitrogen and oxygen atoms in total. The number of ether oxygens (including phenoxy) is 2. The van der Waals surface area contributed by atoms with Gasteiger partial charge in [0.1, 0.15) is 5.75 Å². The van der Waals surface area contributed by atoms with E-state index in [1.54, 1.807) is 0 Å². The van der Waals surface area contributed by atoms with Gasteiger partial charge in [0, 0.05) is 17.7 Å². The van der Waals surface area contributed by atoms with Crippen molar-refractivity contribution in [2.75, 3.05) is 6.61 Å². The molecule has 2 amide bonds. The summed E-state index contributed by atoms with van der Waals surface area (Å²) in [4.78, 5) is 35.2. The molecule has 136 valence electrons. The van der Waals surface area contributed by atoms with E-state index in [2.05, 4.69) is 4.74 Å². The number of hydrogen-bond donors (Lipinski definition) is 1. The number of amides is 2. The number of pyridine rings is 1. The Morgan fingerprint density at radius 1 is 1.04 bits per heavy atom. The number of hydrogen-bond acceptors (Lipinski definition) is 6. The van der Waals surface area contributed by atoms with Gasteiger partial charge in [0.15, 0.2) is 19.0 Å². The van der Waals surface area contributed by atoms with Gasteiger partial charge in [-0.2, -0.15) is 13.5 Å². The third-order valence-corrected chi connectivity index (χ3v) is 2.97. The van der Waals surface area contributed by atoms with Gasteiger partial charge in [0.2, 0.25) is 0 Å². The summed E-state index contributed by atoms with van der Waals surface area (Å²) in [5.41, 5.74) is 0.0835. The van der Waals surface area contributed by atoms with Crippen LogP contribution in [0.1, 0.15) is 20.7 Å². The topological polar surface area (TPSA) is 109 Å². The van der Waals surface area contributed by atoms with Crippen LogP contribution >= 0.6 is 0 Å². The highest BCUT2D eigenvalue weighted by molar-refractivity contribution is 6.05. The molecule has 10 heteroatoms. The second-order valence-corrected chi connectivity index (χ2v) is 4.80. The molecule has 1 heterocycles. The van der Waals surface area contributed by atoms with Gasteiger partial charge in [0.25, 0.3) is 11.8 Å². The van der Waals surface area contributed by atoms with Crippen molar-refractivity contribution >= 4 is 17.8 Å². The molecule has 0 saturated carbocycles. The summed E-state index contributed by atoms with van der Waals surface area (Å²) in [6.07, 6.45) is 2.17. The minimum absolute atomic E-state index is 0.0225. The highest BCUT2D eigenvalue weighted by Gasteiger charge is 2.14. The largest absolute Gasteiger partial charge is 0.619 e. The first-order valence-electron chi connectivity index (χ1n) is 7.10. The fourth-order valence-electron chi connectivity index (χ4n) is 1.79. The minimum Gasteiger partial charge on any atom is -0.619 e. The number of imide groups is 1. The van der Waals surface area contributed by atoms with Crippen molar-refractivity contribution in [2.24, 2.45) is 0 Å². The molecule has 0 aliphatic rings. The molecule has 0 saturated heterocycles. The van der Waals surface area contributed by atoms with E-state index in [4.69, 9.17) is 4.74 Å². The zero-order valence-corrected chi connectivity index (χ0v) is 13.1. The molecule has 2 rings (SSSR count). The van der Waals surface area contributed by atoms with E-state index < -0.39 is 31.0 Å². The number of nitrogens with zero attached hydrogens (tertiary/aromatic N) is 1. The Kier molecular flexibility index (Phi) is 6.15. The Bertz CT molecular complexity index is 793. The van der Waals surface area contributed by atoms with Crippen molar-refractivity contribution in [1.29, 1.82) is 0 Å². The Morgan fingerprint density at radius 3 is 2.23 bits per heavy atom.